The Bertz CT molecular complexity index is 1110. The molecule has 0 saturated heterocycles. The number of rotatable bonds is 6. The molecule has 0 aliphatic rings. The van der Waals surface area contributed by atoms with Gasteiger partial charge in [0.1, 0.15) is 0 Å². The molecular weight excluding hydrogens is 402 g/mol. The van der Waals surface area contributed by atoms with E-state index >= 15 is 0 Å². The van der Waals surface area contributed by atoms with E-state index in [0.29, 0.717) is 16.1 Å². The highest BCUT2D eigenvalue weighted by Crippen LogP contribution is 2.35. The van der Waals surface area contributed by atoms with Gasteiger partial charge in [0.15, 0.2) is 0 Å². The minimum atomic E-state index is -0.540. The third-order valence-electron chi connectivity index (χ3n) is 4.31. The van der Waals surface area contributed by atoms with Crippen LogP contribution in [-0.2, 0) is 0 Å². The zero-order valence-electron chi connectivity index (χ0n) is 16.3. The van der Waals surface area contributed by atoms with Gasteiger partial charge in [-0.2, -0.15) is 0 Å². The molecule has 152 valence electrons. The fourth-order valence-electron chi connectivity index (χ4n) is 2.74. The zero-order chi connectivity index (χ0) is 21.7. The summed E-state index contributed by atoms with van der Waals surface area (Å²) in [5, 5.41) is 16.8. The molecule has 0 aliphatic carbocycles. The number of carbonyl (C=O) groups is 2. The predicted octanol–water partition coefficient (Wildman–Crippen LogP) is 4.67. The summed E-state index contributed by atoms with van der Waals surface area (Å²) < 4.78 is 0. The highest BCUT2D eigenvalue weighted by molar-refractivity contribution is 7.99. The van der Waals surface area contributed by atoms with Crippen LogP contribution in [0.15, 0.2) is 76.5 Å². The van der Waals surface area contributed by atoms with Gasteiger partial charge in [0, 0.05) is 23.6 Å². The molecule has 0 aromatic heterocycles. The number of benzene rings is 3. The largest absolute Gasteiger partial charge is 0.355 e. The summed E-state index contributed by atoms with van der Waals surface area (Å²) in [7, 11) is 1.49. The first-order valence-corrected chi connectivity index (χ1v) is 9.86. The molecule has 0 saturated carbocycles. The number of hydrogen-bond acceptors (Lipinski definition) is 5. The highest BCUT2D eigenvalue weighted by Gasteiger charge is 2.20. The summed E-state index contributed by atoms with van der Waals surface area (Å²) in [6, 6.07) is 18.5. The number of aryl methyl sites for hydroxylation is 1. The van der Waals surface area contributed by atoms with Crippen LogP contribution in [0, 0.1) is 17.0 Å². The Morgan fingerprint density at radius 2 is 1.67 bits per heavy atom. The van der Waals surface area contributed by atoms with Gasteiger partial charge in [-0.15, -0.1) is 0 Å². The van der Waals surface area contributed by atoms with Crippen LogP contribution in [0.1, 0.15) is 26.3 Å². The summed E-state index contributed by atoms with van der Waals surface area (Å²) in [4.78, 5) is 37.0. The molecule has 3 aromatic carbocycles. The van der Waals surface area contributed by atoms with Crippen LogP contribution in [0.2, 0.25) is 0 Å². The number of amides is 2. The standard InChI is InChI=1S/C22H19N3O4S/c1-14-7-10-16(11-8-14)30-20-12-9-15(13-19(20)25(28)29)21(26)24-18-6-4-3-5-17(18)22(27)23-2/h3-13H,1-2H3,(H,23,27)(H,24,26). The maximum Gasteiger partial charge on any atom is 0.284 e. The maximum atomic E-state index is 12.7. The van der Waals surface area contributed by atoms with Gasteiger partial charge in [0.2, 0.25) is 0 Å². The van der Waals surface area contributed by atoms with E-state index < -0.39 is 10.8 Å². The Balaban J connectivity index is 1.87. The van der Waals surface area contributed by atoms with Crippen molar-refractivity contribution in [3.05, 3.63) is 93.5 Å². The average Bonchev–Trinajstić information content (AvgIpc) is 2.75. The lowest BCUT2D eigenvalue weighted by atomic mass is 10.1. The third kappa shape index (κ3) is 4.84. The minimum absolute atomic E-state index is 0.127. The van der Waals surface area contributed by atoms with Gasteiger partial charge in [-0.25, -0.2) is 0 Å². The number of nitrogens with zero attached hydrogens (tertiary/aromatic N) is 1. The summed E-state index contributed by atoms with van der Waals surface area (Å²) in [5.41, 5.74) is 1.68. The molecule has 2 amide bonds. The lowest BCUT2D eigenvalue weighted by Crippen LogP contribution is -2.21. The molecule has 0 bridgehead atoms. The molecular formula is C22H19N3O4S. The Morgan fingerprint density at radius 3 is 2.33 bits per heavy atom. The second kappa shape index (κ2) is 9.23. The second-order valence-corrected chi connectivity index (χ2v) is 7.55. The number of carbonyl (C=O) groups excluding carboxylic acids is 2. The smallest absolute Gasteiger partial charge is 0.284 e. The van der Waals surface area contributed by atoms with E-state index in [2.05, 4.69) is 10.6 Å². The first kappa shape index (κ1) is 21.1. The van der Waals surface area contributed by atoms with E-state index in [1.54, 1.807) is 30.3 Å². The van der Waals surface area contributed by atoms with E-state index in [-0.39, 0.29) is 17.2 Å². The molecule has 30 heavy (non-hydrogen) atoms. The molecule has 2 N–H and O–H groups in total. The van der Waals surface area contributed by atoms with E-state index in [4.69, 9.17) is 0 Å². The molecule has 0 aliphatic heterocycles. The van der Waals surface area contributed by atoms with Gasteiger partial charge in [0.05, 0.1) is 21.1 Å². The molecule has 0 heterocycles. The zero-order valence-corrected chi connectivity index (χ0v) is 17.2. The number of hydrogen-bond donors (Lipinski definition) is 2. The SMILES string of the molecule is CNC(=O)c1ccccc1NC(=O)c1ccc(Sc2ccc(C)cc2)c([N+](=O)[O-])c1. The van der Waals surface area contributed by atoms with Crippen LogP contribution in [0.3, 0.4) is 0 Å². The Morgan fingerprint density at radius 1 is 0.967 bits per heavy atom. The van der Waals surface area contributed by atoms with Gasteiger partial charge >= 0.3 is 0 Å². The van der Waals surface area contributed by atoms with Crippen molar-refractivity contribution in [3.8, 4) is 0 Å². The fourth-order valence-corrected chi connectivity index (χ4v) is 3.64. The van der Waals surface area contributed by atoms with Gasteiger partial charge in [-0.3, -0.25) is 19.7 Å². The molecule has 0 spiro atoms. The average molecular weight is 421 g/mol. The summed E-state index contributed by atoms with van der Waals surface area (Å²) >= 11 is 1.26. The number of nitro groups is 1. The van der Waals surface area contributed by atoms with E-state index in [1.807, 2.05) is 31.2 Å². The Kier molecular flexibility index (Phi) is 6.48. The van der Waals surface area contributed by atoms with E-state index in [0.717, 1.165) is 10.5 Å². The molecule has 0 fully saturated rings. The minimum Gasteiger partial charge on any atom is -0.355 e. The first-order valence-electron chi connectivity index (χ1n) is 9.04. The van der Waals surface area contributed by atoms with Crippen LogP contribution in [0.25, 0.3) is 0 Å². The Labute approximate surface area is 177 Å². The van der Waals surface area contributed by atoms with Crippen LogP contribution in [-0.4, -0.2) is 23.8 Å². The third-order valence-corrected chi connectivity index (χ3v) is 5.39. The molecule has 3 rings (SSSR count). The van der Waals surface area contributed by atoms with Gasteiger partial charge in [0.25, 0.3) is 17.5 Å². The quantitative estimate of drug-likeness (QED) is 0.445. The molecule has 0 unspecified atom stereocenters. The number of nitrogens with one attached hydrogen (secondary N) is 2. The van der Waals surface area contributed by atoms with Gasteiger partial charge < -0.3 is 10.6 Å². The monoisotopic (exact) mass is 421 g/mol. The molecule has 0 radical (unpaired) electrons. The number of nitro benzene ring substituents is 1. The van der Waals surface area contributed by atoms with Crippen LogP contribution < -0.4 is 10.6 Å². The van der Waals surface area contributed by atoms with Crippen molar-refractivity contribution < 1.29 is 14.5 Å². The fraction of sp³-hybridized carbons (Fsp3) is 0.0909. The van der Waals surface area contributed by atoms with E-state index in [9.17, 15) is 19.7 Å². The lowest BCUT2D eigenvalue weighted by molar-refractivity contribution is -0.387. The van der Waals surface area contributed by atoms with Gasteiger partial charge in [-0.05, 0) is 43.3 Å². The van der Waals surface area contributed by atoms with Crippen molar-refractivity contribution in [1.29, 1.82) is 0 Å². The second-order valence-electron chi connectivity index (χ2n) is 6.43. The van der Waals surface area contributed by atoms with E-state index in [1.165, 1.54) is 30.9 Å². The number of para-hydroxylation sites is 1. The van der Waals surface area contributed by atoms with Crippen LogP contribution in [0.4, 0.5) is 11.4 Å². The van der Waals surface area contributed by atoms with Crippen molar-refractivity contribution in [2.75, 3.05) is 12.4 Å². The summed E-state index contributed by atoms with van der Waals surface area (Å²) in [6.45, 7) is 1.96. The molecule has 3 aromatic rings. The van der Waals surface area contributed by atoms with Crippen molar-refractivity contribution >= 4 is 35.0 Å². The van der Waals surface area contributed by atoms with Crippen molar-refractivity contribution in [3.63, 3.8) is 0 Å². The Hall–Kier alpha value is -3.65. The predicted molar refractivity (Wildman–Crippen MR) is 116 cm³/mol. The first-order chi connectivity index (χ1) is 14.4. The molecule has 7 nitrogen and oxygen atoms in total. The van der Waals surface area contributed by atoms with Crippen LogP contribution >= 0.6 is 11.8 Å². The summed E-state index contributed by atoms with van der Waals surface area (Å²) in [6.07, 6.45) is 0. The highest BCUT2D eigenvalue weighted by atomic mass is 32.2. The van der Waals surface area contributed by atoms with Gasteiger partial charge in [-0.1, -0.05) is 41.6 Å². The topological polar surface area (TPSA) is 101 Å². The molecule has 8 heteroatoms. The van der Waals surface area contributed by atoms with Crippen molar-refractivity contribution in [2.45, 2.75) is 16.7 Å². The van der Waals surface area contributed by atoms with Crippen LogP contribution in [0.5, 0.6) is 0 Å². The lowest BCUT2D eigenvalue weighted by Gasteiger charge is -2.11. The van der Waals surface area contributed by atoms with Crippen molar-refractivity contribution in [2.24, 2.45) is 0 Å². The van der Waals surface area contributed by atoms with Crippen molar-refractivity contribution in [1.82, 2.24) is 5.32 Å². The molecule has 0 atom stereocenters. The number of anilines is 1. The normalized spacial score (nSPS) is 10.3. The maximum absolute atomic E-state index is 12.7. The summed E-state index contributed by atoms with van der Waals surface area (Å²) in [5.74, 6) is -0.886.